The van der Waals surface area contributed by atoms with Gasteiger partial charge in [-0.05, 0) is 24.6 Å². The van der Waals surface area contributed by atoms with Crippen molar-refractivity contribution in [3.8, 4) is 11.4 Å². The first-order valence-corrected chi connectivity index (χ1v) is 11.6. The van der Waals surface area contributed by atoms with Gasteiger partial charge in [0.1, 0.15) is 5.00 Å². The molecule has 0 unspecified atom stereocenters. The Labute approximate surface area is 193 Å². The van der Waals surface area contributed by atoms with Crippen LogP contribution < -0.4 is 5.32 Å². The van der Waals surface area contributed by atoms with E-state index in [-0.39, 0.29) is 11.7 Å². The van der Waals surface area contributed by atoms with Crippen molar-refractivity contribution in [2.24, 2.45) is 0 Å². The van der Waals surface area contributed by atoms with E-state index < -0.39 is 5.97 Å². The summed E-state index contributed by atoms with van der Waals surface area (Å²) < 4.78 is 6.67. The summed E-state index contributed by atoms with van der Waals surface area (Å²) in [5.74, 6) is -0.0362. The minimum atomic E-state index is -0.478. The van der Waals surface area contributed by atoms with Gasteiger partial charge in [-0.15, -0.1) is 28.1 Å². The Morgan fingerprint density at radius 1 is 1.35 bits per heavy atom. The van der Waals surface area contributed by atoms with Crippen molar-refractivity contribution in [1.29, 1.82) is 0 Å². The molecule has 31 heavy (non-hydrogen) atoms. The summed E-state index contributed by atoms with van der Waals surface area (Å²) in [5.41, 5.74) is 1.11. The number of hydrogen-bond donors (Lipinski definition) is 1. The number of anilines is 1. The second kappa shape index (κ2) is 10.6. The third-order valence-corrected chi connectivity index (χ3v) is 6.76. The number of carbonyl (C=O) groups is 2. The summed E-state index contributed by atoms with van der Waals surface area (Å²) in [5, 5.41) is 12.9. The van der Waals surface area contributed by atoms with Crippen molar-refractivity contribution in [1.82, 2.24) is 14.8 Å². The van der Waals surface area contributed by atoms with Crippen LogP contribution in [0, 0.1) is 0 Å². The zero-order chi connectivity index (χ0) is 22.4. The summed E-state index contributed by atoms with van der Waals surface area (Å²) in [6, 6.07) is 9.12. The summed E-state index contributed by atoms with van der Waals surface area (Å²) in [6.45, 7) is 6.24. The average molecular weight is 477 g/mol. The van der Waals surface area contributed by atoms with Crippen molar-refractivity contribution >= 4 is 51.6 Å². The molecule has 1 N–H and O–H groups in total. The lowest BCUT2D eigenvalue weighted by Crippen LogP contribution is -2.16. The Hall–Kier alpha value is -2.62. The highest BCUT2D eigenvalue weighted by molar-refractivity contribution is 7.99. The molecule has 7 nitrogen and oxygen atoms in total. The van der Waals surface area contributed by atoms with Crippen molar-refractivity contribution in [2.45, 2.75) is 25.0 Å². The Bertz CT molecular complexity index is 1110. The molecule has 0 fully saturated rings. The number of thiophene rings is 1. The number of carbonyl (C=O) groups excluding carboxylic acids is 2. The molecular formula is C21H21ClN4O3S2. The zero-order valence-electron chi connectivity index (χ0n) is 17.1. The van der Waals surface area contributed by atoms with Gasteiger partial charge in [-0.25, -0.2) is 4.79 Å². The van der Waals surface area contributed by atoms with Crippen LogP contribution in [-0.2, 0) is 22.5 Å². The van der Waals surface area contributed by atoms with Gasteiger partial charge in [0.2, 0.25) is 5.91 Å². The molecule has 10 heteroatoms. The number of aryl methyl sites for hydroxylation is 1. The van der Waals surface area contributed by atoms with Gasteiger partial charge < -0.3 is 10.1 Å². The van der Waals surface area contributed by atoms with Gasteiger partial charge in [-0.1, -0.05) is 48.5 Å². The predicted octanol–water partition coefficient (Wildman–Crippen LogP) is 4.93. The van der Waals surface area contributed by atoms with Gasteiger partial charge in [0.15, 0.2) is 11.0 Å². The smallest absolute Gasteiger partial charge is 0.340 e. The summed E-state index contributed by atoms with van der Waals surface area (Å²) in [7, 11) is 1.32. The molecule has 0 saturated carbocycles. The molecule has 0 spiro atoms. The summed E-state index contributed by atoms with van der Waals surface area (Å²) in [4.78, 5) is 25.5. The van der Waals surface area contributed by atoms with Crippen LogP contribution in [0.1, 0.15) is 22.2 Å². The molecule has 0 radical (unpaired) electrons. The van der Waals surface area contributed by atoms with Crippen molar-refractivity contribution in [3.63, 3.8) is 0 Å². The molecule has 0 aliphatic rings. The first-order valence-electron chi connectivity index (χ1n) is 9.41. The number of aromatic nitrogens is 3. The molecule has 0 saturated heterocycles. The highest BCUT2D eigenvalue weighted by Crippen LogP contribution is 2.31. The molecule has 0 atom stereocenters. The molecule has 3 rings (SSSR count). The SMILES string of the molecule is C=CCn1c(SCC(=O)Nc2sc(CC)cc2C(=O)OC)nnc1-c1ccccc1Cl. The number of esters is 1. The molecule has 3 aromatic rings. The van der Waals surface area contributed by atoms with Crippen molar-refractivity contribution in [3.05, 3.63) is 58.5 Å². The number of allylic oxidation sites excluding steroid dienone is 1. The van der Waals surface area contributed by atoms with Gasteiger partial charge >= 0.3 is 5.97 Å². The van der Waals surface area contributed by atoms with E-state index >= 15 is 0 Å². The lowest BCUT2D eigenvalue weighted by molar-refractivity contribution is -0.113. The number of benzene rings is 1. The Morgan fingerprint density at radius 2 is 2.13 bits per heavy atom. The number of hydrogen-bond acceptors (Lipinski definition) is 7. The quantitative estimate of drug-likeness (QED) is 0.268. The second-order valence-corrected chi connectivity index (χ2v) is 8.81. The lowest BCUT2D eigenvalue weighted by atomic mass is 10.2. The van der Waals surface area contributed by atoms with Crippen LogP contribution >= 0.6 is 34.7 Å². The second-order valence-electron chi connectivity index (χ2n) is 6.32. The molecule has 0 bridgehead atoms. The maximum atomic E-state index is 12.6. The van der Waals surface area contributed by atoms with E-state index in [4.69, 9.17) is 16.3 Å². The van der Waals surface area contributed by atoms with Crippen molar-refractivity contribution < 1.29 is 14.3 Å². The predicted molar refractivity (Wildman–Crippen MR) is 125 cm³/mol. The van der Waals surface area contributed by atoms with E-state index in [1.54, 1.807) is 18.2 Å². The third kappa shape index (κ3) is 5.36. The maximum Gasteiger partial charge on any atom is 0.340 e. The van der Waals surface area contributed by atoms with Gasteiger partial charge in [0.25, 0.3) is 0 Å². The zero-order valence-corrected chi connectivity index (χ0v) is 19.4. The van der Waals surface area contributed by atoms with Gasteiger partial charge in [0.05, 0.1) is 23.4 Å². The van der Waals surface area contributed by atoms with Crippen molar-refractivity contribution in [2.75, 3.05) is 18.2 Å². The van der Waals surface area contributed by atoms with E-state index in [1.165, 1.54) is 30.2 Å². The molecule has 162 valence electrons. The molecular weight excluding hydrogens is 456 g/mol. The van der Waals surface area contributed by atoms with Crippen LogP contribution in [-0.4, -0.2) is 39.5 Å². The first-order chi connectivity index (χ1) is 15.0. The summed E-state index contributed by atoms with van der Waals surface area (Å²) >= 11 is 8.92. The highest BCUT2D eigenvalue weighted by Gasteiger charge is 2.20. The Balaban J connectivity index is 1.75. The largest absolute Gasteiger partial charge is 0.465 e. The molecule has 2 heterocycles. The van der Waals surface area contributed by atoms with Crippen LogP contribution in [0.5, 0.6) is 0 Å². The highest BCUT2D eigenvalue weighted by atomic mass is 35.5. The number of methoxy groups -OCH3 is 1. The maximum absolute atomic E-state index is 12.6. The van der Waals surface area contributed by atoms with Gasteiger partial charge in [-0.3, -0.25) is 9.36 Å². The number of nitrogens with zero attached hydrogens (tertiary/aromatic N) is 3. The molecule has 0 aliphatic heterocycles. The standard InChI is InChI=1S/C21H21ClN4O3S2/c1-4-10-26-18(14-8-6-7-9-16(14)22)24-25-21(26)30-12-17(27)23-19-15(20(28)29-3)11-13(5-2)31-19/h4,6-9,11H,1,5,10,12H2,2-3H3,(H,23,27). The van der Waals surface area contributed by atoms with Gasteiger partial charge in [0, 0.05) is 17.0 Å². The van der Waals surface area contributed by atoms with Crippen LogP contribution in [0.4, 0.5) is 5.00 Å². The molecule has 2 aromatic heterocycles. The third-order valence-electron chi connectivity index (χ3n) is 4.27. The summed E-state index contributed by atoms with van der Waals surface area (Å²) in [6.07, 6.45) is 2.49. The lowest BCUT2D eigenvalue weighted by Gasteiger charge is -2.09. The van der Waals surface area contributed by atoms with E-state index in [0.29, 0.717) is 33.1 Å². The Morgan fingerprint density at radius 3 is 2.81 bits per heavy atom. The fourth-order valence-corrected chi connectivity index (χ4v) is 4.76. The van der Waals surface area contributed by atoms with Crippen LogP contribution in [0.3, 0.4) is 0 Å². The molecule has 1 aromatic carbocycles. The van der Waals surface area contributed by atoms with Crippen LogP contribution in [0.2, 0.25) is 5.02 Å². The first kappa shape index (κ1) is 23.1. The number of amides is 1. The number of rotatable bonds is 9. The van der Waals surface area contributed by atoms with E-state index in [1.807, 2.05) is 29.7 Å². The van der Waals surface area contributed by atoms with Gasteiger partial charge in [-0.2, -0.15) is 0 Å². The Kier molecular flexibility index (Phi) is 7.89. The van der Waals surface area contributed by atoms with Crippen LogP contribution in [0.25, 0.3) is 11.4 Å². The number of ether oxygens (including phenoxy) is 1. The van der Waals surface area contributed by atoms with Crippen LogP contribution in [0.15, 0.2) is 48.1 Å². The molecule has 0 aliphatic carbocycles. The normalized spacial score (nSPS) is 10.7. The monoisotopic (exact) mass is 476 g/mol. The minimum absolute atomic E-state index is 0.0950. The average Bonchev–Trinajstić information content (AvgIpc) is 3.36. The topological polar surface area (TPSA) is 86.1 Å². The van der Waals surface area contributed by atoms with E-state index in [0.717, 1.165) is 16.9 Å². The van der Waals surface area contributed by atoms with E-state index in [9.17, 15) is 9.59 Å². The minimum Gasteiger partial charge on any atom is -0.465 e. The number of halogens is 1. The fraction of sp³-hybridized carbons (Fsp3) is 0.238. The molecule has 1 amide bonds. The number of thioether (sulfide) groups is 1. The van der Waals surface area contributed by atoms with E-state index in [2.05, 4.69) is 22.1 Å². The fourth-order valence-electron chi connectivity index (χ4n) is 2.79. The number of nitrogens with one attached hydrogen (secondary N) is 1.